The maximum Gasteiger partial charge on any atom is 0.336 e. The van der Waals surface area contributed by atoms with Crippen molar-refractivity contribution in [3.8, 4) is 0 Å². The molecule has 100 valence electrons. The van der Waals surface area contributed by atoms with Gasteiger partial charge in [-0.3, -0.25) is 8.89 Å². The maximum atomic E-state index is 12.3. The molecule has 0 saturated heterocycles. The van der Waals surface area contributed by atoms with E-state index in [1.54, 1.807) is 19.2 Å². The van der Waals surface area contributed by atoms with Crippen LogP contribution in [0.2, 0.25) is 0 Å². The molecule has 19 heavy (non-hydrogen) atoms. The minimum Gasteiger partial charge on any atom is -0.478 e. The number of nitrogens with zero attached hydrogens (tertiary/aromatic N) is 3. The number of hydrogen-bond donors (Lipinski definition) is 1. The first kappa shape index (κ1) is 13.9. The van der Waals surface area contributed by atoms with Gasteiger partial charge in [0, 0.05) is 11.5 Å². The van der Waals surface area contributed by atoms with Crippen molar-refractivity contribution in [2.45, 2.75) is 10.6 Å². The van der Waals surface area contributed by atoms with E-state index in [1.165, 1.54) is 17.1 Å². The van der Waals surface area contributed by atoms with Crippen LogP contribution in [0.5, 0.6) is 0 Å². The predicted molar refractivity (Wildman–Crippen MR) is 72.2 cm³/mol. The second-order valence-electron chi connectivity index (χ2n) is 3.74. The molecule has 1 N–H and O–H groups in total. The van der Waals surface area contributed by atoms with Gasteiger partial charge >= 0.3 is 5.97 Å². The van der Waals surface area contributed by atoms with Crippen LogP contribution in [-0.4, -0.2) is 30.0 Å². The molecular weight excluding hydrogens is 334 g/mol. The molecule has 1 aromatic heterocycles. The second kappa shape index (κ2) is 5.62. The smallest absolute Gasteiger partial charge is 0.336 e. The first-order chi connectivity index (χ1) is 8.99. The SMILES string of the molecule is Cn1ncnc1CS(=O)c1cc(Br)ccc1C(=O)O. The van der Waals surface area contributed by atoms with E-state index in [0.29, 0.717) is 10.3 Å². The van der Waals surface area contributed by atoms with E-state index in [4.69, 9.17) is 5.11 Å². The third-order valence-corrected chi connectivity index (χ3v) is 4.33. The lowest BCUT2D eigenvalue weighted by Gasteiger charge is -2.06. The standard InChI is InChI=1S/C11H10BrN3O3S/c1-15-10(13-6-14-15)5-19(18)9-4-7(12)2-3-8(9)11(16)17/h2-4,6H,5H2,1H3,(H,16,17). The highest BCUT2D eigenvalue weighted by Gasteiger charge is 2.17. The van der Waals surface area contributed by atoms with Gasteiger partial charge in [0.15, 0.2) is 0 Å². The van der Waals surface area contributed by atoms with Crippen LogP contribution >= 0.6 is 15.9 Å². The Labute approximate surface area is 120 Å². The summed E-state index contributed by atoms with van der Waals surface area (Å²) in [6, 6.07) is 4.58. The first-order valence-electron chi connectivity index (χ1n) is 5.23. The highest BCUT2D eigenvalue weighted by atomic mass is 79.9. The van der Waals surface area contributed by atoms with Gasteiger partial charge in [-0.05, 0) is 18.2 Å². The summed E-state index contributed by atoms with van der Waals surface area (Å²) in [4.78, 5) is 15.4. The molecule has 0 spiro atoms. The molecule has 0 aliphatic rings. The third-order valence-electron chi connectivity index (χ3n) is 2.48. The second-order valence-corrected chi connectivity index (χ2v) is 6.07. The van der Waals surface area contributed by atoms with Gasteiger partial charge in [0.05, 0.1) is 27.0 Å². The Morgan fingerprint density at radius 1 is 1.53 bits per heavy atom. The fourth-order valence-electron chi connectivity index (χ4n) is 1.51. The summed E-state index contributed by atoms with van der Waals surface area (Å²) in [5.74, 6) is -0.448. The minimum atomic E-state index is -1.50. The van der Waals surface area contributed by atoms with Crippen molar-refractivity contribution in [1.82, 2.24) is 14.8 Å². The molecule has 0 aliphatic heterocycles. The molecule has 0 aliphatic carbocycles. The summed E-state index contributed by atoms with van der Waals surface area (Å²) in [5, 5.41) is 13.0. The summed E-state index contributed by atoms with van der Waals surface area (Å²) in [6.07, 6.45) is 1.37. The average molecular weight is 344 g/mol. The lowest BCUT2D eigenvalue weighted by Crippen LogP contribution is -2.09. The van der Waals surface area contributed by atoms with E-state index < -0.39 is 16.8 Å². The molecule has 0 fully saturated rings. The molecule has 1 aromatic carbocycles. The van der Waals surface area contributed by atoms with Crippen LogP contribution in [0.1, 0.15) is 16.2 Å². The van der Waals surface area contributed by atoms with Crippen LogP contribution in [0.4, 0.5) is 0 Å². The van der Waals surface area contributed by atoms with Crippen LogP contribution in [0.3, 0.4) is 0 Å². The quantitative estimate of drug-likeness (QED) is 0.910. The van der Waals surface area contributed by atoms with Crippen LogP contribution in [0, 0.1) is 0 Å². The number of aromatic nitrogens is 3. The van der Waals surface area contributed by atoms with Gasteiger partial charge in [-0.1, -0.05) is 15.9 Å². The molecule has 0 amide bonds. The van der Waals surface area contributed by atoms with Gasteiger partial charge in [-0.15, -0.1) is 0 Å². The van der Waals surface area contributed by atoms with Crippen molar-refractivity contribution in [3.05, 3.63) is 40.4 Å². The zero-order valence-corrected chi connectivity index (χ0v) is 12.3. The molecule has 1 heterocycles. The van der Waals surface area contributed by atoms with Crippen LogP contribution in [0.25, 0.3) is 0 Å². The summed E-state index contributed by atoms with van der Waals surface area (Å²) >= 11 is 3.25. The summed E-state index contributed by atoms with van der Waals surface area (Å²) in [7, 11) is 0.193. The Kier molecular flexibility index (Phi) is 4.11. The number of rotatable bonds is 4. The van der Waals surface area contributed by atoms with Crippen molar-refractivity contribution in [3.63, 3.8) is 0 Å². The van der Waals surface area contributed by atoms with Gasteiger partial charge < -0.3 is 5.11 Å². The minimum absolute atomic E-state index is 0.0312. The number of carbonyl (C=O) groups is 1. The summed E-state index contributed by atoms with van der Waals surface area (Å²) in [5.41, 5.74) is 0.0312. The normalized spacial score (nSPS) is 12.3. The summed E-state index contributed by atoms with van der Waals surface area (Å²) < 4.78 is 14.5. The lowest BCUT2D eigenvalue weighted by atomic mass is 10.2. The van der Waals surface area contributed by atoms with E-state index in [-0.39, 0.29) is 16.2 Å². The Morgan fingerprint density at radius 2 is 2.26 bits per heavy atom. The average Bonchev–Trinajstić information content (AvgIpc) is 2.74. The predicted octanol–water partition coefficient (Wildman–Crippen LogP) is 1.58. The van der Waals surface area contributed by atoms with Gasteiger partial charge in [0.2, 0.25) is 0 Å². The molecule has 8 heteroatoms. The van der Waals surface area contributed by atoms with Crippen molar-refractivity contribution >= 4 is 32.7 Å². The number of halogens is 1. The third kappa shape index (κ3) is 3.07. The molecule has 0 bridgehead atoms. The maximum absolute atomic E-state index is 12.3. The van der Waals surface area contributed by atoms with E-state index in [2.05, 4.69) is 26.0 Å². The molecule has 2 aromatic rings. The highest BCUT2D eigenvalue weighted by molar-refractivity contribution is 9.10. The van der Waals surface area contributed by atoms with Crippen LogP contribution < -0.4 is 0 Å². The van der Waals surface area contributed by atoms with Gasteiger partial charge in [-0.2, -0.15) is 5.10 Å². The zero-order chi connectivity index (χ0) is 14.0. The van der Waals surface area contributed by atoms with Gasteiger partial charge in [0.25, 0.3) is 0 Å². The largest absolute Gasteiger partial charge is 0.478 e. The zero-order valence-electron chi connectivity index (χ0n) is 9.91. The molecule has 2 rings (SSSR count). The van der Waals surface area contributed by atoms with Crippen molar-refractivity contribution in [1.29, 1.82) is 0 Å². The number of benzene rings is 1. The summed E-state index contributed by atoms with van der Waals surface area (Å²) in [6.45, 7) is 0. The fourth-order valence-corrected chi connectivity index (χ4v) is 3.33. The monoisotopic (exact) mass is 343 g/mol. The van der Waals surface area contributed by atoms with E-state index >= 15 is 0 Å². The van der Waals surface area contributed by atoms with E-state index in [0.717, 1.165) is 0 Å². The molecule has 1 atom stereocenters. The number of carboxylic acid groups (broad SMARTS) is 1. The van der Waals surface area contributed by atoms with Crippen molar-refractivity contribution in [2.24, 2.45) is 7.05 Å². The lowest BCUT2D eigenvalue weighted by molar-refractivity contribution is 0.0693. The van der Waals surface area contributed by atoms with Gasteiger partial charge in [0.1, 0.15) is 12.2 Å². The van der Waals surface area contributed by atoms with Crippen LogP contribution in [0.15, 0.2) is 33.9 Å². The van der Waals surface area contributed by atoms with Crippen molar-refractivity contribution < 1.29 is 14.1 Å². The molecule has 6 nitrogen and oxygen atoms in total. The Balaban J connectivity index is 2.36. The number of aryl methyl sites for hydroxylation is 1. The van der Waals surface area contributed by atoms with Gasteiger partial charge in [-0.25, -0.2) is 9.78 Å². The number of hydrogen-bond acceptors (Lipinski definition) is 4. The fraction of sp³-hybridized carbons (Fsp3) is 0.182. The molecule has 1 unspecified atom stereocenters. The Morgan fingerprint density at radius 3 is 2.84 bits per heavy atom. The van der Waals surface area contributed by atoms with Crippen LogP contribution in [-0.2, 0) is 23.6 Å². The Bertz CT molecular complexity index is 656. The highest BCUT2D eigenvalue weighted by Crippen LogP contribution is 2.21. The molecular formula is C11H10BrN3O3S. The first-order valence-corrected chi connectivity index (χ1v) is 7.34. The Hall–Kier alpha value is -1.54. The molecule has 0 saturated carbocycles. The molecule has 0 radical (unpaired) electrons. The topological polar surface area (TPSA) is 85.1 Å². The van der Waals surface area contributed by atoms with E-state index in [9.17, 15) is 9.00 Å². The van der Waals surface area contributed by atoms with E-state index in [1.807, 2.05) is 0 Å². The van der Waals surface area contributed by atoms with Crippen molar-refractivity contribution in [2.75, 3.05) is 0 Å². The number of aromatic carboxylic acids is 1. The number of carboxylic acids is 1.